The molecular weight excluding hydrogens is 300 g/mol. The fourth-order valence-corrected chi connectivity index (χ4v) is 2.85. The lowest BCUT2D eigenvalue weighted by Gasteiger charge is -2.16. The highest BCUT2D eigenvalue weighted by Crippen LogP contribution is 2.28. The average Bonchev–Trinajstić information content (AvgIpc) is 2.61. The maximum Gasteiger partial charge on any atom is 0.185 e. The molecular formula is C21H20O3. The molecule has 3 nitrogen and oxygen atoms in total. The van der Waals surface area contributed by atoms with Gasteiger partial charge in [0.1, 0.15) is 11.5 Å². The van der Waals surface area contributed by atoms with Gasteiger partial charge in [-0.05, 0) is 66.8 Å². The number of carbonyl (C=O) groups is 1. The molecule has 1 saturated carbocycles. The molecule has 0 heterocycles. The minimum atomic E-state index is 0.116. The molecule has 0 amide bonds. The Balaban J connectivity index is 1.83. The average molecular weight is 320 g/mol. The van der Waals surface area contributed by atoms with Crippen LogP contribution in [-0.2, 0) is 4.79 Å². The number of benzene rings is 2. The predicted octanol–water partition coefficient (Wildman–Crippen LogP) is 4.62. The number of hydrogen-bond donors (Lipinski definition) is 1. The van der Waals surface area contributed by atoms with Gasteiger partial charge in [-0.15, -0.1) is 0 Å². The molecule has 3 heteroatoms. The van der Waals surface area contributed by atoms with Crippen LogP contribution in [0.15, 0.2) is 59.7 Å². The molecule has 122 valence electrons. The molecule has 2 aromatic rings. The first-order valence-electron chi connectivity index (χ1n) is 8.04. The van der Waals surface area contributed by atoms with Gasteiger partial charge in [0, 0.05) is 11.1 Å². The summed E-state index contributed by atoms with van der Waals surface area (Å²) in [5.41, 5.74) is 3.61. The molecule has 0 saturated heterocycles. The van der Waals surface area contributed by atoms with Crippen LogP contribution in [0.1, 0.15) is 30.4 Å². The normalized spacial score (nSPS) is 18.1. The number of rotatable bonds is 3. The summed E-state index contributed by atoms with van der Waals surface area (Å²) in [6.07, 6.45) is 6.45. The molecule has 24 heavy (non-hydrogen) atoms. The van der Waals surface area contributed by atoms with Crippen molar-refractivity contribution >= 4 is 17.9 Å². The van der Waals surface area contributed by atoms with Gasteiger partial charge < -0.3 is 9.84 Å². The first-order valence-corrected chi connectivity index (χ1v) is 8.04. The molecule has 0 spiro atoms. The third kappa shape index (κ3) is 3.74. The van der Waals surface area contributed by atoms with Crippen molar-refractivity contribution in [2.75, 3.05) is 7.11 Å². The van der Waals surface area contributed by atoms with Crippen molar-refractivity contribution in [3.8, 4) is 11.5 Å². The molecule has 1 aliphatic carbocycles. The van der Waals surface area contributed by atoms with Crippen molar-refractivity contribution in [3.05, 3.63) is 70.8 Å². The van der Waals surface area contributed by atoms with E-state index in [2.05, 4.69) is 0 Å². The van der Waals surface area contributed by atoms with Crippen molar-refractivity contribution in [3.63, 3.8) is 0 Å². The number of aromatic hydroxyl groups is 1. The Morgan fingerprint density at radius 2 is 1.38 bits per heavy atom. The van der Waals surface area contributed by atoms with Gasteiger partial charge in [0.05, 0.1) is 7.11 Å². The summed E-state index contributed by atoms with van der Waals surface area (Å²) in [7, 11) is 1.64. The first-order chi connectivity index (χ1) is 11.7. The van der Waals surface area contributed by atoms with Crippen LogP contribution in [0.4, 0.5) is 0 Å². The Morgan fingerprint density at radius 3 is 1.88 bits per heavy atom. The van der Waals surface area contributed by atoms with Crippen LogP contribution in [-0.4, -0.2) is 18.0 Å². The van der Waals surface area contributed by atoms with E-state index in [-0.39, 0.29) is 11.5 Å². The predicted molar refractivity (Wildman–Crippen MR) is 95.9 cm³/mol. The molecule has 3 rings (SSSR count). The Kier molecular flexibility index (Phi) is 4.80. The zero-order valence-electron chi connectivity index (χ0n) is 13.7. The number of carbonyl (C=O) groups excluding carboxylic acids is 1. The monoisotopic (exact) mass is 320 g/mol. The van der Waals surface area contributed by atoms with Gasteiger partial charge in [-0.3, -0.25) is 4.79 Å². The standard InChI is InChI=1S/C21H20O3/c1-24-20-11-7-16(8-12-20)14-18-4-2-3-17(21(18)23)13-15-5-9-19(22)10-6-15/h5-14,22H,2-4H2,1H3/b17-13+,18-14+. The molecule has 0 radical (unpaired) electrons. The van der Waals surface area contributed by atoms with Crippen LogP contribution in [0.5, 0.6) is 11.5 Å². The van der Waals surface area contributed by atoms with Crippen molar-refractivity contribution in [2.45, 2.75) is 19.3 Å². The van der Waals surface area contributed by atoms with Crippen molar-refractivity contribution in [1.29, 1.82) is 0 Å². The van der Waals surface area contributed by atoms with E-state index in [1.165, 1.54) is 0 Å². The first kappa shape index (κ1) is 16.1. The lowest BCUT2D eigenvalue weighted by atomic mass is 9.87. The number of ether oxygens (including phenoxy) is 1. The van der Waals surface area contributed by atoms with Crippen molar-refractivity contribution in [2.24, 2.45) is 0 Å². The van der Waals surface area contributed by atoms with Gasteiger partial charge in [-0.25, -0.2) is 0 Å². The van der Waals surface area contributed by atoms with Gasteiger partial charge >= 0.3 is 0 Å². The maximum atomic E-state index is 12.7. The third-order valence-corrected chi connectivity index (χ3v) is 4.17. The summed E-state index contributed by atoms with van der Waals surface area (Å²) >= 11 is 0. The Bertz CT molecular complexity index is 781. The van der Waals surface area contributed by atoms with E-state index in [0.717, 1.165) is 47.3 Å². The number of allylic oxidation sites excluding steroid dienone is 2. The van der Waals surface area contributed by atoms with Gasteiger partial charge in [0.25, 0.3) is 0 Å². The highest BCUT2D eigenvalue weighted by molar-refractivity contribution is 6.13. The number of Topliss-reactive ketones (excluding diaryl/α,β-unsaturated/α-hetero) is 1. The van der Waals surface area contributed by atoms with E-state index in [1.807, 2.05) is 48.6 Å². The van der Waals surface area contributed by atoms with E-state index in [4.69, 9.17) is 4.74 Å². The van der Waals surface area contributed by atoms with Crippen molar-refractivity contribution in [1.82, 2.24) is 0 Å². The summed E-state index contributed by atoms with van der Waals surface area (Å²) in [6.45, 7) is 0. The lowest BCUT2D eigenvalue weighted by molar-refractivity contribution is -0.112. The van der Waals surface area contributed by atoms with Crippen LogP contribution in [0, 0.1) is 0 Å². The lowest BCUT2D eigenvalue weighted by Crippen LogP contribution is -2.12. The van der Waals surface area contributed by atoms with Crippen LogP contribution >= 0.6 is 0 Å². The molecule has 2 aromatic carbocycles. The number of ketones is 1. The Morgan fingerprint density at radius 1 is 0.875 bits per heavy atom. The van der Waals surface area contributed by atoms with E-state index in [1.54, 1.807) is 19.2 Å². The van der Waals surface area contributed by atoms with E-state index in [9.17, 15) is 9.90 Å². The second kappa shape index (κ2) is 7.18. The summed E-state index contributed by atoms with van der Waals surface area (Å²) < 4.78 is 5.16. The van der Waals surface area contributed by atoms with Gasteiger partial charge in [-0.1, -0.05) is 24.3 Å². The molecule has 0 unspecified atom stereocenters. The summed E-state index contributed by atoms with van der Waals surface area (Å²) in [6, 6.07) is 14.6. The fraction of sp³-hybridized carbons (Fsp3) is 0.190. The zero-order valence-corrected chi connectivity index (χ0v) is 13.7. The molecule has 1 N–H and O–H groups in total. The van der Waals surface area contributed by atoms with Gasteiger partial charge in [0.2, 0.25) is 0 Å². The highest BCUT2D eigenvalue weighted by atomic mass is 16.5. The molecule has 0 bridgehead atoms. The zero-order chi connectivity index (χ0) is 16.9. The Labute approximate surface area is 141 Å². The third-order valence-electron chi connectivity index (χ3n) is 4.17. The molecule has 0 atom stereocenters. The van der Waals surface area contributed by atoms with E-state index in [0.29, 0.717) is 0 Å². The quantitative estimate of drug-likeness (QED) is 0.839. The largest absolute Gasteiger partial charge is 0.508 e. The maximum absolute atomic E-state index is 12.7. The van der Waals surface area contributed by atoms with E-state index >= 15 is 0 Å². The summed E-state index contributed by atoms with van der Waals surface area (Å²) in [5.74, 6) is 1.15. The fourth-order valence-electron chi connectivity index (χ4n) is 2.85. The van der Waals surface area contributed by atoms with Crippen LogP contribution in [0.3, 0.4) is 0 Å². The van der Waals surface area contributed by atoms with E-state index < -0.39 is 0 Å². The SMILES string of the molecule is COc1ccc(/C=C2\CCC/C(=C\c3ccc(O)cc3)C2=O)cc1. The van der Waals surface area contributed by atoms with Crippen LogP contribution in [0.25, 0.3) is 12.2 Å². The number of phenols is 1. The van der Waals surface area contributed by atoms with Gasteiger partial charge in [-0.2, -0.15) is 0 Å². The smallest absolute Gasteiger partial charge is 0.185 e. The van der Waals surface area contributed by atoms with Crippen LogP contribution < -0.4 is 4.74 Å². The number of methoxy groups -OCH3 is 1. The molecule has 0 aliphatic heterocycles. The van der Waals surface area contributed by atoms with Crippen molar-refractivity contribution < 1.29 is 14.6 Å². The number of phenolic OH excluding ortho intramolecular Hbond substituents is 1. The molecule has 0 aromatic heterocycles. The summed E-state index contributed by atoms with van der Waals surface area (Å²) in [4.78, 5) is 12.7. The minimum Gasteiger partial charge on any atom is -0.508 e. The second-order valence-electron chi connectivity index (χ2n) is 5.89. The number of hydrogen-bond acceptors (Lipinski definition) is 3. The highest BCUT2D eigenvalue weighted by Gasteiger charge is 2.20. The minimum absolute atomic E-state index is 0.116. The topological polar surface area (TPSA) is 46.5 Å². The molecule has 1 fully saturated rings. The van der Waals surface area contributed by atoms with Gasteiger partial charge in [0.15, 0.2) is 5.78 Å². The van der Waals surface area contributed by atoms with Crippen LogP contribution in [0.2, 0.25) is 0 Å². The molecule has 1 aliphatic rings. The summed E-state index contributed by atoms with van der Waals surface area (Å²) in [5, 5.41) is 9.35. The second-order valence-corrected chi connectivity index (χ2v) is 5.89. The Hall–Kier alpha value is -2.81.